The Morgan fingerprint density at radius 1 is 1.03 bits per heavy atom. The summed E-state index contributed by atoms with van der Waals surface area (Å²) in [4.78, 5) is 48.8. The lowest BCUT2D eigenvalue weighted by Gasteiger charge is -2.18. The molecule has 1 rings (SSSR count). The highest BCUT2D eigenvalue weighted by molar-refractivity contribution is 8.76. The van der Waals surface area contributed by atoms with Gasteiger partial charge < -0.3 is 16.4 Å². The predicted molar refractivity (Wildman–Crippen MR) is 131 cm³/mol. The van der Waals surface area contributed by atoms with E-state index in [0.29, 0.717) is 37.1 Å². The predicted octanol–water partition coefficient (Wildman–Crippen LogP) is 2.03. The van der Waals surface area contributed by atoms with Crippen LogP contribution in [0.15, 0.2) is 24.3 Å². The second-order valence-electron chi connectivity index (χ2n) is 7.19. The zero-order valence-corrected chi connectivity index (χ0v) is 20.6. The van der Waals surface area contributed by atoms with Crippen LogP contribution in [0.3, 0.4) is 0 Å². The highest BCUT2D eigenvalue weighted by atomic mass is 33.1. The van der Waals surface area contributed by atoms with E-state index in [1.54, 1.807) is 29.9 Å². The number of carbonyl (C=O) groups excluding carboxylic acids is 4. The van der Waals surface area contributed by atoms with Crippen molar-refractivity contribution in [2.75, 3.05) is 18.6 Å². The molecule has 4 amide bonds. The molecule has 0 heterocycles. The molecule has 2 unspecified atom stereocenters. The Balaban J connectivity index is 2.54. The van der Waals surface area contributed by atoms with Crippen LogP contribution in [0.5, 0.6) is 0 Å². The van der Waals surface area contributed by atoms with Gasteiger partial charge in [0, 0.05) is 24.3 Å². The highest BCUT2D eigenvalue weighted by Gasteiger charge is 2.22. The number of imide groups is 1. The molecule has 2 atom stereocenters. The molecule has 0 aromatic heterocycles. The van der Waals surface area contributed by atoms with E-state index in [9.17, 15) is 19.2 Å². The molecule has 0 bridgehead atoms. The van der Waals surface area contributed by atoms with Crippen LogP contribution in [0.2, 0.25) is 0 Å². The quantitative estimate of drug-likeness (QED) is 0.236. The molecule has 0 fully saturated rings. The fourth-order valence-electron chi connectivity index (χ4n) is 2.76. The summed E-state index contributed by atoms with van der Waals surface area (Å²) in [5, 5.41) is 7.82. The van der Waals surface area contributed by atoms with Gasteiger partial charge in [0.2, 0.25) is 17.7 Å². The molecule has 10 heteroatoms. The Hall–Kier alpha value is -2.04. The van der Waals surface area contributed by atoms with Gasteiger partial charge in [-0.05, 0) is 49.6 Å². The summed E-state index contributed by atoms with van der Waals surface area (Å²) < 4.78 is 0. The molecule has 0 saturated heterocycles. The summed E-state index contributed by atoms with van der Waals surface area (Å²) in [6.45, 7) is 4.14. The summed E-state index contributed by atoms with van der Waals surface area (Å²) >= 11 is 0. The third-order valence-corrected chi connectivity index (χ3v) is 6.60. The van der Waals surface area contributed by atoms with Crippen LogP contribution in [0, 0.1) is 0 Å². The Bertz CT molecular complexity index is 759. The number of nitrogens with one attached hydrogen (secondary N) is 3. The first-order valence-electron chi connectivity index (χ1n) is 10.7. The van der Waals surface area contributed by atoms with Crippen molar-refractivity contribution in [1.82, 2.24) is 16.0 Å². The number of unbranched alkanes of at least 4 members (excludes halogenated alkanes) is 1. The molecule has 0 aliphatic carbocycles. The lowest BCUT2D eigenvalue weighted by Crippen LogP contribution is -2.48. The van der Waals surface area contributed by atoms with Gasteiger partial charge in [0.05, 0.1) is 6.04 Å². The van der Waals surface area contributed by atoms with Gasteiger partial charge in [0.15, 0.2) is 0 Å². The lowest BCUT2D eigenvalue weighted by molar-refractivity contribution is -0.128. The topological polar surface area (TPSA) is 130 Å². The fraction of sp³-hybridized carbons (Fsp3) is 0.545. The molecule has 0 spiro atoms. The van der Waals surface area contributed by atoms with E-state index in [1.807, 2.05) is 25.3 Å². The molecule has 5 N–H and O–H groups in total. The van der Waals surface area contributed by atoms with Crippen LogP contribution in [-0.4, -0.2) is 54.3 Å². The van der Waals surface area contributed by atoms with E-state index < -0.39 is 23.9 Å². The molecule has 0 aliphatic heterocycles. The summed E-state index contributed by atoms with van der Waals surface area (Å²) in [6.07, 6.45) is 4.56. The average Bonchev–Trinajstić information content (AvgIpc) is 2.80. The number of nitrogens with two attached hydrogens (primary N) is 1. The molecular weight excluding hydrogens is 448 g/mol. The second-order valence-corrected chi connectivity index (χ2v) is 9.80. The van der Waals surface area contributed by atoms with Crippen LogP contribution < -0.4 is 21.7 Å². The molecule has 0 radical (unpaired) electrons. The number of amides is 4. The normalized spacial score (nSPS) is 12.5. The summed E-state index contributed by atoms with van der Waals surface area (Å²) in [5.74, 6) is -0.988. The van der Waals surface area contributed by atoms with Crippen molar-refractivity contribution in [2.24, 2.45) is 5.73 Å². The van der Waals surface area contributed by atoms with Crippen LogP contribution in [0.1, 0.15) is 55.5 Å². The average molecular weight is 483 g/mol. The lowest BCUT2D eigenvalue weighted by atomic mass is 10.1. The number of hydrogen-bond donors (Lipinski definition) is 4. The maximum absolute atomic E-state index is 12.6. The van der Waals surface area contributed by atoms with E-state index >= 15 is 0 Å². The number of carbonyl (C=O) groups is 4. The Kier molecular flexibility index (Phi) is 13.7. The number of benzene rings is 1. The van der Waals surface area contributed by atoms with Crippen molar-refractivity contribution in [2.45, 2.75) is 58.0 Å². The third kappa shape index (κ3) is 10.5. The van der Waals surface area contributed by atoms with Crippen LogP contribution >= 0.6 is 21.6 Å². The maximum atomic E-state index is 12.6. The van der Waals surface area contributed by atoms with Crippen molar-refractivity contribution >= 4 is 45.2 Å². The van der Waals surface area contributed by atoms with Crippen LogP contribution in [0.4, 0.5) is 0 Å². The van der Waals surface area contributed by atoms with E-state index in [0.717, 1.165) is 12.0 Å². The van der Waals surface area contributed by atoms with Gasteiger partial charge >= 0.3 is 0 Å². The molecule has 1 aromatic rings. The van der Waals surface area contributed by atoms with E-state index in [1.165, 1.54) is 10.8 Å². The molecular formula is C22H34N4O4S2. The maximum Gasteiger partial charge on any atom is 0.257 e. The van der Waals surface area contributed by atoms with E-state index in [-0.39, 0.29) is 18.2 Å². The minimum Gasteiger partial charge on any atom is -0.355 e. The SMILES string of the molecule is CCC(=O)NC(CCCCNC(=O)C(N)CSSC)C(=O)NC(=O)c1ccc(CC)cc1. The molecule has 0 aliphatic rings. The standard InChI is InChI=1S/C22H34N4O4S2/c1-4-15-9-11-16(12-10-15)20(28)26-22(30)18(25-19(27)5-2)8-6-7-13-24-21(29)17(23)14-32-31-3/h9-12,17-18H,4-8,13-14,23H2,1-3H3,(H,24,29)(H,25,27)(H,26,28,30). The summed E-state index contributed by atoms with van der Waals surface area (Å²) in [6, 6.07) is 5.65. The fourth-order valence-corrected chi connectivity index (χ4v) is 4.04. The van der Waals surface area contributed by atoms with Gasteiger partial charge in [0.25, 0.3) is 5.91 Å². The van der Waals surface area contributed by atoms with Crippen molar-refractivity contribution in [3.8, 4) is 0 Å². The number of hydrogen-bond acceptors (Lipinski definition) is 7. The first-order chi connectivity index (χ1) is 15.3. The van der Waals surface area contributed by atoms with Gasteiger partial charge in [0.1, 0.15) is 6.04 Å². The Morgan fingerprint density at radius 2 is 1.72 bits per heavy atom. The second kappa shape index (κ2) is 15.7. The molecule has 1 aromatic carbocycles. The molecule has 178 valence electrons. The van der Waals surface area contributed by atoms with Gasteiger partial charge in [-0.3, -0.25) is 24.5 Å². The molecule has 32 heavy (non-hydrogen) atoms. The van der Waals surface area contributed by atoms with Crippen LogP contribution in [0.25, 0.3) is 0 Å². The van der Waals surface area contributed by atoms with E-state index in [4.69, 9.17) is 5.73 Å². The van der Waals surface area contributed by atoms with Gasteiger partial charge in [-0.2, -0.15) is 0 Å². The van der Waals surface area contributed by atoms with Gasteiger partial charge in [-0.1, -0.05) is 47.6 Å². The van der Waals surface area contributed by atoms with Crippen molar-refractivity contribution in [3.05, 3.63) is 35.4 Å². The summed E-state index contributed by atoms with van der Waals surface area (Å²) in [5.41, 5.74) is 7.29. The van der Waals surface area contributed by atoms with Crippen LogP contribution in [-0.2, 0) is 20.8 Å². The van der Waals surface area contributed by atoms with Crippen molar-refractivity contribution in [3.63, 3.8) is 0 Å². The zero-order chi connectivity index (χ0) is 23.9. The summed E-state index contributed by atoms with van der Waals surface area (Å²) in [7, 11) is 3.08. The largest absolute Gasteiger partial charge is 0.355 e. The monoisotopic (exact) mass is 482 g/mol. The molecule has 0 saturated carbocycles. The van der Waals surface area contributed by atoms with Gasteiger partial charge in [-0.15, -0.1) is 0 Å². The smallest absolute Gasteiger partial charge is 0.257 e. The first kappa shape index (κ1) is 28.0. The highest BCUT2D eigenvalue weighted by Crippen LogP contribution is 2.16. The minimum atomic E-state index is -0.822. The number of rotatable bonds is 14. The minimum absolute atomic E-state index is 0.209. The molecule has 8 nitrogen and oxygen atoms in total. The third-order valence-electron chi connectivity index (χ3n) is 4.75. The Morgan fingerprint density at radius 3 is 2.31 bits per heavy atom. The van der Waals surface area contributed by atoms with Crippen molar-refractivity contribution in [1.29, 1.82) is 0 Å². The zero-order valence-electron chi connectivity index (χ0n) is 18.9. The Labute approximate surface area is 198 Å². The van der Waals surface area contributed by atoms with Gasteiger partial charge in [-0.25, -0.2) is 0 Å². The van der Waals surface area contributed by atoms with E-state index in [2.05, 4.69) is 16.0 Å². The van der Waals surface area contributed by atoms with Crippen molar-refractivity contribution < 1.29 is 19.2 Å². The number of aryl methyl sites for hydroxylation is 1. The first-order valence-corrected chi connectivity index (χ1v) is 13.5.